The predicted octanol–water partition coefficient (Wildman–Crippen LogP) is 1.91. The number of halogens is 3. The molecule has 1 aromatic heterocycles. The fraction of sp³-hybridized carbons (Fsp3) is 0.538. The van der Waals surface area contributed by atoms with Crippen LogP contribution >= 0.6 is 0 Å². The van der Waals surface area contributed by atoms with Gasteiger partial charge in [0.1, 0.15) is 0 Å². The molecule has 0 aliphatic carbocycles. The Hall–Kier alpha value is -1.83. The second kappa shape index (κ2) is 7.82. The van der Waals surface area contributed by atoms with Crippen LogP contribution in [0.2, 0.25) is 0 Å². The van der Waals surface area contributed by atoms with Crippen LogP contribution in [-0.2, 0) is 0 Å². The third kappa shape index (κ3) is 5.99. The van der Waals surface area contributed by atoms with E-state index in [2.05, 4.69) is 15.0 Å². The minimum absolute atomic E-state index is 0.0988. The van der Waals surface area contributed by atoms with E-state index in [0.29, 0.717) is 12.8 Å². The Morgan fingerprint density at radius 1 is 1.52 bits per heavy atom. The van der Waals surface area contributed by atoms with Gasteiger partial charge in [0.15, 0.2) is 18.1 Å². The van der Waals surface area contributed by atoms with Gasteiger partial charge in [0, 0.05) is 18.8 Å². The van der Waals surface area contributed by atoms with E-state index in [1.165, 1.54) is 18.3 Å². The number of nitrogens with zero attached hydrogens (tertiary/aromatic N) is 1. The van der Waals surface area contributed by atoms with Crippen molar-refractivity contribution < 1.29 is 27.8 Å². The lowest BCUT2D eigenvalue weighted by Crippen LogP contribution is -2.36. The number of carbonyl (C=O) groups excluding carboxylic acids is 1. The number of ether oxygens (including phenoxy) is 1. The molecule has 0 fully saturated rings. The topological polar surface area (TPSA) is 71.5 Å². The normalized spacial score (nSPS) is 12.8. The minimum atomic E-state index is -4.49. The number of aromatic nitrogens is 1. The average molecular weight is 306 g/mol. The van der Waals surface area contributed by atoms with E-state index in [9.17, 15) is 18.0 Å². The lowest BCUT2D eigenvalue weighted by Gasteiger charge is -2.17. The summed E-state index contributed by atoms with van der Waals surface area (Å²) in [6, 6.07) is 2.36. The van der Waals surface area contributed by atoms with Crippen molar-refractivity contribution in [2.45, 2.75) is 32.0 Å². The van der Waals surface area contributed by atoms with Gasteiger partial charge in [-0.15, -0.1) is 0 Å². The molecule has 0 aliphatic heterocycles. The molecule has 0 radical (unpaired) electrons. The summed E-state index contributed by atoms with van der Waals surface area (Å²) in [6.07, 6.45) is -2.26. The first kappa shape index (κ1) is 17.2. The molecular formula is C13H17F3N2O3. The Balaban J connectivity index is 2.79. The first-order chi connectivity index (χ1) is 9.87. The first-order valence-corrected chi connectivity index (χ1v) is 6.43. The molecule has 1 rings (SSSR count). The molecule has 1 unspecified atom stereocenters. The number of aliphatic hydroxyl groups excluding tert-OH is 1. The zero-order chi connectivity index (χ0) is 15.9. The molecule has 8 heteroatoms. The highest BCUT2D eigenvalue weighted by molar-refractivity contribution is 5.95. The Morgan fingerprint density at radius 2 is 2.24 bits per heavy atom. The maximum Gasteiger partial charge on any atom is 0.422 e. The fourth-order valence-electron chi connectivity index (χ4n) is 1.63. The highest BCUT2D eigenvalue weighted by Gasteiger charge is 2.29. The summed E-state index contributed by atoms with van der Waals surface area (Å²) < 4.78 is 41.1. The number of aliphatic hydroxyl groups is 1. The van der Waals surface area contributed by atoms with Gasteiger partial charge in [0.05, 0.1) is 0 Å². The van der Waals surface area contributed by atoms with E-state index in [0.717, 1.165) is 0 Å². The van der Waals surface area contributed by atoms with Crippen LogP contribution in [0.3, 0.4) is 0 Å². The molecule has 0 saturated carbocycles. The van der Waals surface area contributed by atoms with Gasteiger partial charge in [0.25, 0.3) is 5.91 Å². The van der Waals surface area contributed by atoms with E-state index in [4.69, 9.17) is 5.11 Å². The van der Waals surface area contributed by atoms with E-state index >= 15 is 0 Å². The number of nitrogens with one attached hydrogen (secondary N) is 1. The van der Waals surface area contributed by atoms with Crippen LogP contribution in [0, 0.1) is 0 Å². The summed E-state index contributed by atoms with van der Waals surface area (Å²) in [7, 11) is 0. The molecule has 1 amide bonds. The van der Waals surface area contributed by atoms with Crippen LogP contribution in [0.25, 0.3) is 0 Å². The van der Waals surface area contributed by atoms with E-state index in [-0.39, 0.29) is 24.1 Å². The zero-order valence-electron chi connectivity index (χ0n) is 11.5. The lowest BCUT2D eigenvalue weighted by atomic mass is 10.1. The Kier molecular flexibility index (Phi) is 6.41. The van der Waals surface area contributed by atoms with Crippen molar-refractivity contribution >= 4 is 5.91 Å². The summed E-state index contributed by atoms with van der Waals surface area (Å²) in [5.74, 6) is -0.862. The largest absolute Gasteiger partial charge is 0.482 e. The van der Waals surface area contributed by atoms with Crippen molar-refractivity contribution in [3.05, 3.63) is 24.0 Å². The monoisotopic (exact) mass is 306 g/mol. The van der Waals surface area contributed by atoms with E-state index in [1.54, 1.807) is 0 Å². The number of rotatable bonds is 7. The molecule has 1 aromatic rings. The van der Waals surface area contributed by atoms with Crippen molar-refractivity contribution in [1.29, 1.82) is 0 Å². The summed E-state index contributed by atoms with van der Waals surface area (Å²) in [5, 5.41) is 11.5. The quantitative estimate of drug-likeness (QED) is 0.807. The standard InChI is InChI=1S/C13H17F3N2O3/c1-2-9(5-7-19)18-12(20)11-10(4-3-6-17-11)21-8-13(14,15)16/h3-4,6,9,19H,2,5,7-8H2,1H3,(H,18,20). The number of amides is 1. The average Bonchev–Trinajstić information content (AvgIpc) is 2.44. The minimum Gasteiger partial charge on any atom is -0.482 e. The van der Waals surface area contributed by atoms with Crippen LogP contribution in [-0.4, -0.2) is 41.4 Å². The van der Waals surface area contributed by atoms with Gasteiger partial charge in [-0.2, -0.15) is 13.2 Å². The fourth-order valence-corrected chi connectivity index (χ4v) is 1.63. The molecule has 118 valence electrons. The molecular weight excluding hydrogens is 289 g/mol. The third-order valence-electron chi connectivity index (χ3n) is 2.68. The van der Waals surface area contributed by atoms with Gasteiger partial charge < -0.3 is 15.2 Å². The van der Waals surface area contributed by atoms with Gasteiger partial charge in [0.2, 0.25) is 0 Å². The lowest BCUT2D eigenvalue weighted by molar-refractivity contribution is -0.153. The number of alkyl halides is 3. The van der Waals surface area contributed by atoms with Crippen molar-refractivity contribution in [2.24, 2.45) is 0 Å². The molecule has 5 nitrogen and oxygen atoms in total. The van der Waals surface area contributed by atoms with Gasteiger partial charge in [-0.25, -0.2) is 4.98 Å². The molecule has 0 spiro atoms. The SMILES string of the molecule is CCC(CCO)NC(=O)c1ncccc1OCC(F)(F)F. The molecule has 0 saturated heterocycles. The molecule has 0 bridgehead atoms. The highest BCUT2D eigenvalue weighted by atomic mass is 19.4. The van der Waals surface area contributed by atoms with Gasteiger partial charge >= 0.3 is 6.18 Å². The Bertz CT molecular complexity index is 466. The van der Waals surface area contributed by atoms with Crippen LogP contribution in [0.5, 0.6) is 5.75 Å². The molecule has 21 heavy (non-hydrogen) atoms. The highest BCUT2D eigenvalue weighted by Crippen LogP contribution is 2.20. The summed E-state index contributed by atoms with van der Waals surface area (Å²) >= 11 is 0. The Morgan fingerprint density at radius 3 is 2.81 bits per heavy atom. The van der Waals surface area contributed by atoms with Crippen molar-refractivity contribution in [3.63, 3.8) is 0 Å². The molecule has 0 aliphatic rings. The van der Waals surface area contributed by atoms with Crippen LogP contribution in [0.1, 0.15) is 30.3 Å². The van der Waals surface area contributed by atoms with E-state index in [1.807, 2.05) is 6.92 Å². The van der Waals surface area contributed by atoms with Crippen LogP contribution in [0.4, 0.5) is 13.2 Å². The number of pyridine rings is 1. The number of hydrogen-bond donors (Lipinski definition) is 2. The third-order valence-corrected chi connectivity index (χ3v) is 2.68. The summed E-state index contributed by atoms with van der Waals surface area (Å²) in [6.45, 7) is 0.228. The van der Waals surface area contributed by atoms with Gasteiger partial charge in [-0.3, -0.25) is 4.79 Å². The number of carbonyl (C=O) groups is 1. The molecule has 1 atom stereocenters. The first-order valence-electron chi connectivity index (χ1n) is 6.43. The molecule has 1 heterocycles. The van der Waals surface area contributed by atoms with Gasteiger partial charge in [-0.05, 0) is 25.0 Å². The second-order valence-electron chi connectivity index (χ2n) is 4.34. The maximum absolute atomic E-state index is 12.2. The number of hydrogen-bond acceptors (Lipinski definition) is 4. The van der Waals surface area contributed by atoms with Crippen molar-refractivity contribution in [1.82, 2.24) is 10.3 Å². The summed E-state index contributed by atoms with van der Waals surface area (Å²) in [4.78, 5) is 15.8. The maximum atomic E-state index is 12.2. The molecule has 2 N–H and O–H groups in total. The summed E-state index contributed by atoms with van der Waals surface area (Å²) in [5.41, 5.74) is -0.210. The second-order valence-corrected chi connectivity index (χ2v) is 4.34. The van der Waals surface area contributed by atoms with Crippen molar-refractivity contribution in [3.8, 4) is 5.75 Å². The van der Waals surface area contributed by atoms with Crippen molar-refractivity contribution in [2.75, 3.05) is 13.2 Å². The predicted molar refractivity (Wildman–Crippen MR) is 69.0 cm³/mol. The molecule has 0 aromatic carbocycles. The van der Waals surface area contributed by atoms with Crippen LogP contribution in [0.15, 0.2) is 18.3 Å². The van der Waals surface area contributed by atoms with Gasteiger partial charge in [-0.1, -0.05) is 6.92 Å². The zero-order valence-corrected chi connectivity index (χ0v) is 11.5. The van der Waals surface area contributed by atoms with Crippen LogP contribution < -0.4 is 10.1 Å². The van der Waals surface area contributed by atoms with E-state index < -0.39 is 18.7 Å². The smallest absolute Gasteiger partial charge is 0.422 e. The Labute approximate surface area is 120 Å².